The number of rotatable bonds is 4. The van der Waals surface area contributed by atoms with Crippen LogP contribution in [0.15, 0.2) is 29.3 Å². The van der Waals surface area contributed by atoms with Gasteiger partial charge in [-0.1, -0.05) is 12.8 Å². The summed E-state index contributed by atoms with van der Waals surface area (Å²) in [5.74, 6) is -0.0331. The van der Waals surface area contributed by atoms with E-state index in [1.165, 1.54) is 23.0 Å². The zero-order valence-electron chi connectivity index (χ0n) is 19.7. The molecule has 1 saturated carbocycles. The molecule has 0 amide bonds. The van der Waals surface area contributed by atoms with Crippen molar-refractivity contribution in [3.63, 3.8) is 0 Å². The number of pyridine rings is 2. The fourth-order valence-electron chi connectivity index (χ4n) is 4.92. The van der Waals surface area contributed by atoms with Gasteiger partial charge in [-0.15, -0.1) is 0 Å². The van der Waals surface area contributed by atoms with E-state index < -0.39 is 17.3 Å². The average Bonchev–Trinajstić information content (AvgIpc) is 3.38. The van der Waals surface area contributed by atoms with Crippen LogP contribution < -0.4 is 15.8 Å². The van der Waals surface area contributed by atoms with Gasteiger partial charge in [-0.2, -0.15) is 23.4 Å². The van der Waals surface area contributed by atoms with E-state index in [-0.39, 0.29) is 29.1 Å². The Labute approximate surface area is 205 Å². The molecule has 0 unspecified atom stereocenters. The number of halogens is 3. The summed E-state index contributed by atoms with van der Waals surface area (Å²) in [6, 6.07) is 4.25. The molecule has 2 fully saturated rings. The third-order valence-corrected chi connectivity index (χ3v) is 6.86. The molecule has 1 aliphatic carbocycles. The minimum Gasteiger partial charge on any atom is -0.367 e. The van der Waals surface area contributed by atoms with Gasteiger partial charge in [-0.05, 0) is 32.0 Å². The maximum Gasteiger partial charge on any atom is 0.418 e. The standard InChI is InChI=1S/C24H25F3N8O/c1-33-6-8-34(9-7-33)19-14-29-20(11-18(19)24(25,26)27)31-23-30-13-16-10-15(12-28)22(36)35(21(16)32-23)17-4-2-3-5-17/h10-11,13-14,17H,2-9H2,1H3,(H,29,30,31,32). The lowest BCUT2D eigenvalue weighted by Gasteiger charge is -2.35. The molecule has 36 heavy (non-hydrogen) atoms. The summed E-state index contributed by atoms with van der Waals surface area (Å²) in [5.41, 5.74) is -0.815. The molecule has 1 aliphatic heterocycles. The SMILES string of the molecule is CN1CCN(c2cnc(Nc3ncc4cc(C#N)c(=O)n(C5CCCC5)c4n3)cc2C(F)(F)F)CC1. The average molecular weight is 499 g/mol. The highest BCUT2D eigenvalue weighted by Crippen LogP contribution is 2.38. The van der Waals surface area contributed by atoms with Crippen molar-refractivity contribution in [2.45, 2.75) is 37.9 Å². The molecule has 0 aromatic carbocycles. The highest BCUT2D eigenvalue weighted by atomic mass is 19.4. The predicted octanol–water partition coefficient (Wildman–Crippen LogP) is 3.69. The highest BCUT2D eigenvalue weighted by Gasteiger charge is 2.36. The van der Waals surface area contributed by atoms with Crippen molar-refractivity contribution in [2.75, 3.05) is 43.4 Å². The fraction of sp³-hybridized carbons (Fsp3) is 0.458. The number of hydrogen-bond donors (Lipinski definition) is 1. The van der Waals surface area contributed by atoms with E-state index in [2.05, 4.69) is 25.2 Å². The zero-order chi connectivity index (χ0) is 25.4. The van der Waals surface area contributed by atoms with Gasteiger partial charge in [0.1, 0.15) is 23.1 Å². The largest absolute Gasteiger partial charge is 0.418 e. The molecule has 0 atom stereocenters. The fourth-order valence-corrected chi connectivity index (χ4v) is 4.92. The van der Waals surface area contributed by atoms with Gasteiger partial charge in [-0.25, -0.2) is 9.97 Å². The third kappa shape index (κ3) is 4.58. The number of aromatic nitrogens is 4. The van der Waals surface area contributed by atoms with E-state index >= 15 is 0 Å². The van der Waals surface area contributed by atoms with Crippen molar-refractivity contribution >= 4 is 28.5 Å². The van der Waals surface area contributed by atoms with Gasteiger partial charge in [0.15, 0.2) is 0 Å². The highest BCUT2D eigenvalue weighted by molar-refractivity contribution is 5.77. The first-order valence-corrected chi connectivity index (χ1v) is 11.8. The molecule has 3 aromatic rings. The van der Waals surface area contributed by atoms with Gasteiger partial charge in [-0.3, -0.25) is 9.36 Å². The van der Waals surface area contributed by atoms with Crippen LogP contribution >= 0.6 is 0 Å². The molecule has 1 saturated heterocycles. The summed E-state index contributed by atoms with van der Waals surface area (Å²) in [5, 5.41) is 12.7. The first-order chi connectivity index (χ1) is 17.2. The van der Waals surface area contributed by atoms with E-state index in [0.29, 0.717) is 37.2 Å². The van der Waals surface area contributed by atoms with E-state index in [1.54, 1.807) is 4.90 Å². The molecule has 2 aliphatic rings. The maximum absolute atomic E-state index is 14.0. The monoisotopic (exact) mass is 498 g/mol. The van der Waals surface area contributed by atoms with Crippen LogP contribution in [0.3, 0.4) is 0 Å². The molecule has 3 aromatic heterocycles. The number of likely N-dealkylation sites (N-methyl/N-ethyl adjacent to an activating group) is 1. The Morgan fingerprint density at radius 3 is 2.47 bits per heavy atom. The van der Waals surface area contributed by atoms with Crippen LogP contribution in [-0.4, -0.2) is 57.6 Å². The van der Waals surface area contributed by atoms with E-state index in [1.807, 2.05) is 13.1 Å². The van der Waals surface area contributed by atoms with Crippen LogP contribution in [0.2, 0.25) is 0 Å². The number of piperazine rings is 1. The normalized spacial score (nSPS) is 17.5. The third-order valence-electron chi connectivity index (χ3n) is 6.86. The van der Waals surface area contributed by atoms with Gasteiger partial charge in [0.25, 0.3) is 5.56 Å². The Hall–Kier alpha value is -3.72. The van der Waals surface area contributed by atoms with Crippen LogP contribution in [0.4, 0.5) is 30.6 Å². The van der Waals surface area contributed by atoms with Crippen molar-refractivity contribution in [1.82, 2.24) is 24.4 Å². The molecule has 4 heterocycles. The Balaban J connectivity index is 1.52. The van der Waals surface area contributed by atoms with Crippen LogP contribution in [0.1, 0.15) is 42.9 Å². The van der Waals surface area contributed by atoms with Crippen LogP contribution in [0, 0.1) is 11.3 Å². The number of alkyl halides is 3. The molecule has 0 spiro atoms. The molecule has 1 N–H and O–H groups in total. The summed E-state index contributed by atoms with van der Waals surface area (Å²) in [6.45, 7) is 2.29. The number of nitriles is 1. The van der Waals surface area contributed by atoms with Gasteiger partial charge in [0, 0.05) is 43.8 Å². The van der Waals surface area contributed by atoms with Crippen molar-refractivity contribution in [3.8, 4) is 6.07 Å². The summed E-state index contributed by atoms with van der Waals surface area (Å²) < 4.78 is 43.4. The van der Waals surface area contributed by atoms with Gasteiger partial charge in [0.2, 0.25) is 5.95 Å². The summed E-state index contributed by atoms with van der Waals surface area (Å²) >= 11 is 0. The lowest BCUT2D eigenvalue weighted by Crippen LogP contribution is -2.45. The predicted molar refractivity (Wildman–Crippen MR) is 128 cm³/mol. The van der Waals surface area contributed by atoms with E-state index in [4.69, 9.17) is 0 Å². The van der Waals surface area contributed by atoms with Crippen molar-refractivity contribution in [3.05, 3.63) is 46.0 Å². The molecular formula is C24H25F3N8O. The Morgan fingerprint density at radius 2 is 1.81 bits per heavy atom. The molecule has 0 radical (unpaired) electrons. The van der Waals surface area contributed by atoms with Crippen molar-refractivity contribution in [2.24, 2.45) is 0 Å². The van der Waals surface area contributed by atoms with E-state index in [0.717, 1.165) is 31.7 Å². The first kappa shape index (κ1) is 24.0. The second-order valence-corrected chi connectivity index (χ2v) is 9.26. The molecule has 9 nitrogen and oxygen atoms in total. The second kappa shape index (κ2) is 9.39. The first-order valence-electron chi connectivity index (χ1n) is 11.8. The zero-order valence-corrected chi connectivity index (χ0v) is 19.7. The second-order valence-electron chi connectivity index (χ2n) is 9.26. The van der Waals surface area contributed by atoms with Crippen molar-refractivity contribution < 1.29 is 13.2 Å². The molecule has 0 bridgehead atoms. The molecule has 5 rings (SSSR count). The Morgan fingerprint density at radius 1 is 1.08 bits per heavy atom. The number of anilines is 3. The van der Waals surface area contributed by atoms with E-state index in [9.17, 15) is 23.2 Å². The van der Waals surface area contributed by atoms with Gasteiger partial charge >= 0.3 is 6.18 Å². The molecule has 12 heteroatoms. The summed E-state index contributed by atoms with van der Waals surface area (Å²) in [7, 11) is 1.93. The summed E-state index contributed by atoms with van der Waals surface area (Å²) in [6.07, 6.45) is 1.64. The van der Waals surface area contributed by atoms with Crippen LogP contribution in [0.5, 0.6) is 0 Å². The van der Waals surface area contributed by atoms with Gasteiger partial charge < -0.3 is 15.1 Å². The Kier molecular flexibility index (Phi) is 6.26. The minimum atomic E-state index is -4.57. The van der Waals surface area contributed by atoms with Gasteiger partial charge in [0.05, 0.1) is 17.4 Å². The van der Waals surface area contributed by atoms with Crippen LogP contribution in [-0.2, 0) is 6.18 Å². The minimum absolute atomic E-state index is 0.00897. The molecular weight excluding hydrogens is 473 g/mol. The number of nitrogens with zero attached hydrogens (tertiary/aromatic N) is 7. The lowest BCUT2D eigenvalue weighted by atomic mass is 10.1. The van der Waals surface area contributed by atoms with Crippen molar-refractivity contribution in [1.29, 1.82) is 5.26 Å². The molecule has 188 valence electrons. The number of fused-ring (bicyclic) bond motifs is 1. The quantitative estimate of drug-likeness (QED) is 0.581. The topological polar surface area (TPSA) is 103 Å². The Bertz CT molecular complexity index is 1380. The number of hydrogen-bond acceptors (Lipinski definition) is 8. The lowest BCUT2D eigenvalue weighted by molar-refractivity contribution is -0.137. The van der Waals surface area contributed by atoms with Crippen LogP contribution in [0.25, 0.3) is 11.0 Å². The maximum atomic E-state index is 14.0. The smallest absolute Gasteiger partial charge is 0.367 e. The summed E-state index contributed by atoms with van der Waals surface area (Å²) in [4.78, 5) is 29.6. The number of nitrogens with one attached hydrogen (secondary N) is 1.